The summed E-state index contributed by atoms with van der Waals surface area (Å²) in [7, 11) is 0. The Balaban J connectivity index is 1.77. The third-order valence-electron chi connectivity index (χ3n) is 4.15. The second-order valence-electron chi connectivity index (χ2n) is 5.69. The summed E-state index contributed by atoms with van der Waals surface area (Å²) in [5.74, 6) is 0. The molecule has 22 heavy (non-hydrogen) atoms. The summed E-state index contributed by atoms with van der Waals surface area (Å²) in [5, 5.41) is 5.11. The number of fused-ring (bicyclic) bond motifs is 1. The lowest BCUT2D eigenvalue weighted by Crippen LogP contribution is -2.43. The van der Waals surface area contributed by atoms with E-state index in [1.54, 1.807) is 0 Å². The average Bonchev–Trinajstić information content (AvgIpc) is 2.83. The minimum absolute atomic E-state index is 0.0696. The minimum Gasteiger partial charge on any atom is -0.325 e. The molecule has 0 unspecified atom stereocenters. The Hall–Kier alpha value is -1.94. The van der Waals surface area contributed by atoms with Crippen LogP contribution in [-0.2, 0) is 0 Å². The number of likely N-dealkylation sites (tertiary alicyclic amines) is 1. The lowest BCUT2D eigenvalue weighted by molar-refractivity contribution is 0.205. The fraction of sp³-hybridized carbons (Fsp3) is 0.333. The van der Waals surface area contributed by atoms with Gasteiger partial charge in [0, 0.05) is 18.7 Å². The van der Waals surface area contributed by atoms with Crippen LogP contribution in [0, 0.1) is 0 Å². The van der Waals surface area contributed by atoms with Crippen LogP contribution in [0.15, 0.2) is 42.5 Å². The van der Waals surface area contributed by atoms with Crippen molar-refractivity contribution < 1.29 is 4.79 Å². The molecular formula is C18H20N2OS. The molecule has 2 aromatic rings. The van der Waals surface area contributed by atoms with E-state index in [4.69, 9.17) is 12.2 Å². The number of hydrogen-bond donors (Lipinski definition) is 1. The van der Waals surface area contributed by atoms with Gasteiger partial charge >= 0.3 is 6.03 Å². The Bertz CT molecular complexity index is 685. The van der Waals surface area contributed by atoms with Gasteiger partial charge in [-0.1, -0.05) is 67.5 Å². The van der Waals surface area contributed by atoms with E-state index in [0.29, 0.717) is 4.99 Å². The molecule has 2 amide bonds. The van der Waals surface area contributed by atoms with Crippen molar-refractivity contribution in [1.82, 2.24) is 10.2 Å². The van der Waals surface area contributed by atoms with E-state index >= 15 is 0 Å². The molecule has 0 aliphatic carbocycles. The zero-order chi connectivity index (χ0) is 15.4. The van der Waals surface area contributed by atoms with Gasteiger partial charge in [0.05, 0.1) is 0 Å². The van der Waals surface area contributed by atoms with Crippen molar-refractivity contribution >= 4 is 34.0 Å². The fourth-order valence-corrected chi connectivity index (χ4v) is 3.21. The van der Waals surface area contributed by atoms with E-state index in [1.165, 1.54) is 12.8 Å². The van der Waals surface area contributed by atoms with Crippen LogP contribution in [0.2, 0.25) is 0 Å². The maximum atomic E-state index is 12.4. The van der Waals surface area contributed by atoms with Crippen LogP contribution in [0.25, 0.3) is 10.8 Å². The number of amides is 2. The van der Waals surface area contributed by atoms with Crippen molar-refractivity contribution in [2.24, 2.45) is 0 Å². The lowest BCUT2D eigenvalue weighted by atomic mass is 10.0. The van der Waals surface area contributed by atoms with Crippen LogP contribution >= 0.6 is 12.2 Å². The molecule has 3 nitrogen and oxygen atoms in total. The molecule has 0 saturated carbocycles. The van der Waals surface area contributed by atoms with Gasteiger partial charge in [-0.05, 0) is 23.6 Å². The number of nitrogens with zero attached hydrogens (tertiary/aromatic N) is 1. The van der Waals surface area contributed by atoms with Crippen molar-refractivity contribution in [3.05, 3.63) is 48.0 Å². The quantitative estimate of drug-likeness (QED) is 0.804. The van der Waals surface area contributed by atoms with E-state index in [0.717, 1.165) is 42.3 Å². The zero-order valence-corrected chi connectivity index (χ0v) is 13.4. The van der Waals surface area contributed by atoms with Gasteiger partial charge in [-0.25, -0.2) is 4.79 Å². The van der Waals surface area contributed by atoms with Crippen LogP contribution < -0.4 is 5.32 Å². The van der Waals surface area contributed by atoms with Gasteiger partial charge in [0.15, 0.2) is 0 Å². The van der Waals surface area contributed by atoms with Crippen LogP contribution in [0.1, 0.15) is 31.2 Å². The van der Waals surface area contributed by atoms with Gasteiger partial charge in [-0.15, -0.1) is 0 Å². The third kappa shape index (κ3) is 3.28. The molecule has 4 heteroatoms. The van der Waals surface area contributed by atoms with Crippen molar-refractivity contribution in [1.29, 1.82) is 0 Å². The molecule has 114 valence electrons. The van der Waals surface area contributed by atoms with Gasteiger partial charge in [-0.2, -0.15) is 0 Å². The second-order valence-corrected chi connectivity index (χ2v) is 6.10. The molecule has 0 radical (unpaired) electrons. The van der Waals surface area contributed by atoms with Crippen LogP contribution in [0.3, 0.4) is 0 Å². The van der Waals surface area contributed by atoms with Crippen LogP contribution in [-0.4, -0.2) is 29.0 Å². The Morgan fingerprint density at radius 3 is 2.41 bits per heavy atom. The second kappa shape index (κ2) is 6.88. The number of carbonyl (C=O) groups is 1. The highest BCUT2D eigenvalue weighted by Gasteiger charge is 2.17. The molecule has 1 fully saturated rings. The Kier molecular flexibility index (Phi) is 4.68. The first-order valence-corrected chi connectivity index (χ1v) is 8.24. The molecule has 1 heterocycles. The van der Waals surface area contributed by atoms with E-state index in [1.807, 2.05) is 35.2 Å². The summed E-state index contributed by atoms with van der Waals surface area (Å²) < 4.78 is 0. The van der Waals surface area contributed by atoms with Crippen molar-refractivity contribution in [2.75, 3.05) is 13.1 Å². The number of thiocarbonyl (C=S) groups is 1. The smallest absolute Gasteiger partial charge is 0.322 e. The minimum atomic E-state index is -0.0696. The first-order chi connectivity index (χ1) is 10.8. The molecule has 2 aromatic carbocycles. The molecule has 1 saturated heterocycles. The lowest BCUT2D eigenvalue weighted by Gasteiger charge is -2.21. The maximum absolute atomic E-state index is 12.4. The zero-order valence-electron chi connectivity index (χ0n) is 12.5. The SMILES string of the molecule is O=C(NC(=S)c1cccc2ccccc12)N1CCCCCC1. The molecule has 1 aliphatic rings. The number of rotatable bonds is 1. The van der Waals surface area contributed by atoms with Gasteiger partial charge in [-0.3, -0.25) is 5.32 Å². The normalized spacial score (nSPS) is 15.4. The predicted molar refractivity (Wildman–Crippen MR) is 94.2 cm³/mol. The first kappa shape index (κ1) is 15.0. The average molecular weight is 312 g/mol. The summed E-state index contributed by atoms with van der Waals surface area (Å²) >= 11 is 5.47. The summed E-state index contributed by atoms with van der Waals surface area (Å²) in [6, 6.07) is 14.0. The van der Waals surface area contributed by atoms with Crippen molar-refractivity contribution in [3.63, 3.8) is 0 Å². The van der Waals surface area contributed by atoms with Crippen molar-refractivity contribution in [3.8, 4) is 0 Å². The summed E-state index contributed by atoms with van der Waals surface area (Å²) in [5.41, 5.74) is 0.913. The van der Waals surface area contributed by atoms with Gasteiger partial charge in [0.25, 0.3) is 0 Å². The molecule has 0 spiro atoms. The number of urea groups is 1. The topological polar surface area (TPSA) is 32.3 Å². The van der Waals surface area contributed by atoms with Crippen molar-refractivity contribution in [2.45, 2.75) is 25.7 Å². The number of benzene rings is 2. The van der Waals surface area contributed by atoms with E-state index in [2.05, 4.69) is 17.4 Å². The summed E-state index contributed by atoms with van der Waals surface area (Å²) in [6.45, 7) is 1.65. The maximum Gasteiger partial charge on any atom is 0.322 e. The first-order valence-electron chi connectivity index (χ1n) is 7.84. The largest absolute Gasteiger partial charge is 0.325 e. The predicted octanol–water partition coefficient (Wildman–Crippen LogP) is 4.10. The van der Waals surface area contributed by atoms with E-state index < -0.39 is 0 Å². The standard InChI is InChI=1S/C18H20N2OS/c21-18(20-12-5-1-2-6-13-20)19-17(22)16-11-7-9-14-8-3-4-10-15(14)16/h3-4,7-11H,1-2,5-6,12-13H2,(H,19,21,22). The highest BCUT2D eigenvalue weighted by molar-refractivity contribution is 7.80. The Labute approximate surface area is 136 Å². The monoisotopic (exact) mass is 312 g/mol. The van der Waals surface area contributed by atoms with Crippen LogP contribution in [0.4, 0.5) is 4.79 Å². The number of carbonyl (C=O) groups excluding carboxylic acids is 1. The molecule has 0 aromatic heterocycles. The molecule has 1 N–H and O–H groups in total. The highest BCUT2D eigenvalue weighted by atomic mass is 32.1. The molecule has 3 rings (SSSR count). The summed E-state index contributed by atoms with van der Waals surface area (Å²) in [6.07, 6.45) is 4.57. The molecular weight excluding hydrogens is 292 g/mol. The van der Waals surface area contributed by atoms with E-state index in [9.17, 15) is 4.79 Å². The fourth-order valence-electron chi connectivity index (χ4n) is 2.94. The third-order valence-corrected chi connectivity index (χ3v) is 4.47. The van der Waals surface area contributed by atoms with E-state index in [-0.39, 0.29) is 6.03 Å². The molecule has 0 atom stereocenters. The Morgan fingerprint density at radius 1 is 0.955 bits per heavy atom. The number of hydrogen-bond acceptors (Lipinski definition) is 2. The highest BCUT2D eigenvalue weighted by Crippen LogP contribution is 2.19. The van der Waals surface area contributed by atoms with Crippen LogP contribution in [0.5, 0.6) is 0 Å². The molecule has 0 bridgehead atoms. The molecule has 1 aliphatic heterocycles. The Morgan fingerprint density at radius 2 is 1.64 bits per heavy atom. The summed E-state index contributed by atoms with van der Waals surface area (Å²) in [4.78, 5) is 14.8. The van der Waals surface area contributed by atoms with Gasteiger partial charge in [0.1, 0.15) is 4.99 Å². The number of nitrogens with one attached hydrogen (secondary N) is 1. The van der Waals surface area contributed by atoms with Gasteiger partial charge < -0.3 is 4.90 Å². The van der Waals surface area contributed by atoms with Gasteiger partial charge in [0.2, 0.25) is 0 Å².